The fourth-order valence-electron chi connectivity index (χ4n) is 2.61. The van der Waals surface area contributed by atoms with Crippen LogP contribution >= 0.6 is 11.3 Å². The summed E-state index contributed by atoms with van der Waals surface area (Å²) in [5.74, 6) is 0.785. The summed E-state index contributed by atoms with van der Waals surface area (Å²) < 4.78 is 5.77. The van der Waals surface area contributed by atoms with E-state index in [4.69, 9.17) is 4.74 Å². The minimum absolute atomic E-state index is 0.0512. The molecule has 0 spiro atoms. The number of hydrogen-bond acceptors (Lipinski definition) is 4. The summed E-state index contributed by atoms with van der Waals surface area (Å²) in [6, 6.07) is 11.8. The van der Waals surface area contributed by atoms with Crippen molar-refractivity contribution in [3.63, 3.8) is 0 Å². The Balaban J connectivity index is 1.66. The van der Waals surface area contributed by atoms with Crippen LogP contribution in [0.25, 0.3) is 0 Å². The van der Waals surface area contributed by atoms with Crippen molar-refractivity contribution in [3.05, 3.63) is 52.2 Å². The van der Waals surface area contributed by atoms with E-state index in [2.05, 4.69) is 5.32 Å². The quantitative estimate of drug-likeness (QED) is 0.922. The number of rotatable bonds is 5. The van der Waals surface area contributed by atoms with Crippen LogP contribution in [-0.2, 0) is 6.61 Å². The predicted molar refractivity (Wildman–Crippen MR) is 88.5 cm³/mol. The topological polar surface area (TPSA) is 41.6 Å². The fraction of sp³-hybridized carbons (Fsp3) is 0.353. The van der Waals surface area contributed by atoms with E-state index in [0.717, 1.165) is 25.3 Å². The molecule has 1 saturated heterocycles. The van der Waals surface area contributed by atoms with Crippen molar-refractivity contribution in [2.45, 2.75) is 19.1 Å². The van der Waals surface area contributed by atoms with Gasteiger partial charge in [0.2, 0.25) is 0 Å². The van der Waals surface area contributed by atoms with Gasteiger partial charge in [-0.05, 0) is 42.6 Å². The largest absolute Gasteiger partial charge is 0.488 e. The maximum absolute atomic E-state index is 12.6. The first-order chi connectivity index (χ1) is 10.7. The Hall–Kier alpha value is -1.85. The van der Waals surface area contributed by atoms with Crippen molar-refractivity contribution in [1.82, 2.24) is 10.2 Å². The zero-order valence-corrected chi connectivity index (χ0v) is 13.4. The highest BCUT2D eigenvalue weighted by Crippen LogP contribution is 2.19. The average Bonchev–Trinajstić information content (AvgIpc) is 3.25. The standard InChI is InChI=1S/C17H20N2O2S/c1-19(14-7-8-18-11-14)17(20)13-4-2-5-15(10-13)21-12-16-6-3-9-22-16/h2-6,9-10,14,18H,7-8,11-12H2,1H3. The van der Waals surface area contributed by atoms with Gasteiger partial charge in [0.05, 0.1) is 0 Å². The number of ether oxygens (including phenoxy) is 1. The molecule has 3 rings (SSSR count). The molecule has 5 heteroatoms. The molecule has 2 heterocycles. The zero-order chi connectivity index (χ0) is 15.4. The van der Waals surface area contributed by atoms with E-state index < -0.39 is 0 Å². The number of hydrogen-bond donors (Lipinski definition) is 1. The van der Waals surface area contributed by atoms with Crippen LogP contribution in [-0.4, -0.2) is 37.0 Å². The number of likely N-dealkylation sites (N-methyl/N-ethyl adjacent to an activating group) is 1. The molecule has 1 N–H and O–H groups in total. The Bertz CT molecular complexity index is 621. The van der Waals surface area contributed by atoms with Crippen LogP contribution in [0, 0.1) is 0 Å². The molecule has 116 valence electrons. The number of nitrogens with one attached hydrogen (secondary N) is 1. The van der Waals surface area contributed by atoms with Gasteiger partial charge in [0.15, 0.2) is 0 Å². The highest BCUT2D eigenvalue weighted by molar-refractivity contribution is 7.09. The molecule has 1 aliphatic heterocycles. The lowest BCUT2D eigenvalue weighted by atomic mass is 10.1. The van der Waals surface area contributed by atoms with Crippen molar-refractivity contribution in [2.24, 2.45) is 0 Å². The molecule has 1 amide bonds. The summed E-state index contributed by atoms with van der Waals surface area (Å²) in [5, 5.41) is 5.32. The second-order valence-corrected chi connectivity index (χ2v) is 6.49. The van der Waals surface area contributed by atoms with Gasteiger partial charge in [0.1, 0.15) is 12.4 Å². The molecule has 1 atom stereocenters. The molecule has 22 heavy (non-hydrogen) atoms. The van der Waals surface area contributed by atoms with Crippen molar-refractivity contribution in [1.29, 1.82) is 0 Å². The third-order valence-electron chi connectivity index (χ3n) is 3.94. The van der Waals surface area contributed by atoms with Gasteiger partial charge in [-0.3, -0.25) is 4.79 Å². The maximum atomic E-state index is 12.6. The van der Waals surface area contributed by atoms with Crippen LogP contribution in [0.15, 0.2) is 41.8 Å². The number of amides is 1. The monoisotopic (exact) mass is 316 g/mol. The molecular weight excluding hydrogens is 296 g/mol. The van der Waals surface area contributed by atoms with Gasteiger partial charge in [-0.25, -0.2) is 0 Å². The summed E-state index contributed by atoms with van der Waals surface area (Å²) in [6.45, 7) is 2.39. The third-order valence-corrected chi connectivity index (χ3v) is 4.79. The number of thiophene rings is 1. The Labute approximate surface area is 134 Å². The van der Waals surface area contributed by atoms with Crippen molar-refractivity contribution in [3.8, 4) is 5.75 Å². The van der Waals surface area contributed by atoms with E-state index in [1.807, 2.05) is 53.7 Å². The molecule has 1 aromatic carbocycles. The molecule has 1 fully saturated rings. The van der Waals surface area contributed by atoms with E-state index in [-0.39, 0.29) is 11.9 Å². The van der Waals surface area contributed by atoms with E-state index in [1.54, 1.807) is 11.3 Å². The van der Waals surface area contributed by atoms with E-state index in [0.29, 0.717) is 12.2 Å². The second-order valence-electron chi connectivity index (χ2n) is 5.46. The predicted octanol–water partition coefficient (Wildman–Crippen LogP) is 2.76. The summed E-state index contributed by atoms with van der Waals surface area (Å²) in [4.78, 5) is 15.6. The second kappa shape index (κ2) is 6.94. The number of benzene rings is 1. The molecular formula is C17H20N2O2S. The Morgan fingerprint density at radius 1 is 1.41 bits per heavy atom. The van der Waals surface area contributed by atoms with Gasteiger partial charge in [0, 0.05) is 30.1 Å². The number of carbonyl (C=O) groups excluding carboxylic acids is 1. The lowest BCUT2D eigenvalue weighted by Crippen LogP contribution is -2.38. The Kier molecular flexibility index (Phi) is 4.75. The average molecular weight is 316 g/mol. The molecule has 0 radical (unpaired) electrons. The minimum Gasteiger partial charge on any atom is -0.488 e. The summed E-state index contributed by atoms with van der Waals surface area (Å²) in [6.07, 6.45) is 1.01. The summed E-state index contributed by atoms with van der Waals surface area (Å²) in [7, 11) is 1.87. The van der Waals surface area contributed by atoms with E-state index in [1.165, 1.54) is 4.88 Å². The van der Waals surface area contributed by atoms with Gasteiger partial charge in [0.25, 0.3) is 5.91 Å². The molecule has 0 bridgehead atoms. The highest BCUT2D eigenvalue weighted by Gasteiger charge is 2.24. The van der Waals surface area contributed by atoms with Crippen molar-refractivity contribution >= 4 is 17.2 Å². The Morgan fingerprint density at radius 2 is 2.32 bits per heavy atom. The summed E-state index contributed by atoms with van der Waals surface area (Å²) in [5.41, 5.74) is 0.679. The van der Waals surface area contributed by atoms with Gasteiger partial charge in [-0.15, -0.1) is 11.3 Å². The van der Waals surface area contributed by atoms with Gasteiger partial charge in [-0.2, -0.15) is 0 Å². The first-order valence-corrected chi connectivity index (χ1v) is 8.35. The van der Waals surface area contributed by atoms with Crippen LogP contribution in [0.4, 0.5) is 0 Å². The molecule has 1 unspecified atom stereocenters. The molecule has 1 aromatic heterocycles. The van der Waals surface area contributed by atoms with E-state index in [9.17, 15) is 4.79 Å². The van der Waals surface area contributed by atoms with Crippen LogP contribution in [0.2, 0.25) is 0 Å². The molecule has 0 saturated carbocycles. The van der Waals surface area contributed by atoms with Crippen LogP contribution in [0.3, 0.4) is 0 Å². The van der Waals surface area contributed by atoms with Gasteiger partial charge >= 0.3 is 0 Å². The molecule has 2 aromatic rings. The normalized spacial score (nSPS) is 17.4. The summed E-state index contributed by atoms with van der Waals surface area (Å²) >= 11 is 1.67. The lowest BCUT2D eigenvalue weighted by molar-refractivity contribution is 0.0743. The van der Waals surface area contributed by atoms with Crippen LogP contribution in [0.1, 0.15) is 21.7 Å². The zero-order valence-electron chi connectivity index (χ0n) is 12.6. The van der Waals surface area contributed by atoms with Gasteiger partial charge < -0.3 is 15.0 Å². The number of nitrogens with zero attached hydrogens (tertiary/aromatic N) is 1. The number of carbonyl (C=O) groups is 1. The first-order valence-electron chi connectivity index (χ1n) is 7.47. The van der Waals surface area contributed by atoms with Crippen molar-refractivity contribution in [2.75, 3.05) is 20.1 Å². The lowest BCUT2D eigenvalue weighted by Gasteiger charge is -2.24. The highest BCUT2D eigenvalue weighted by atomic mass is 32.1. The Morgan fingerprint density at radius 3 is 3.05 bits per heavy atom. The van der Waals surface area contributed by atoms with Gasteiger partial charge in [-0.1, -0.05) is 12.1 Å². The van der Waals surface area contributed by atoms with E-state index >= 15 is 0 Å². The third kappa shape index (κ3) is 3.48. The molecule has 1 aliphatic rings. The first kappa shape index (κ1) is 15.1. The molecule has 4 nitrogen and oxygen atoms in total. The maximum Gasteiger partial charge on any atom is 0.254 e. The van der Waals surface area contributed by atoms with Crippen molar-refractivity contribution < 1.29 is 9.53 Å². The molecule has 0 aliphatic carbocycles. The van der Waals surface area contributed by atoms with Crippen LogP contribution in [0.5, 0.6) is 5.75 Å². The van der Waals surface area contributed by atoms with Crippen LogP contribution < -0.4 is 10.1 Å². The smallest absolute Gasteiger partial charge is 0.254 e. The fourth-order valence-corrected chi connectivity index (χ4v) is 3.22. The minimum atomic E-state index is 0.0512. The SMILES string of the molecule is CN(C(=O)c1cccc(OCc2cccs2)c1)C1CCNC1.